The lowest BCUT2D eigenvalue weighted by Crippen LogP contribution is -2.40. The van der Waals surface area contributed by atoms with Gasteiger partial charge in [0, 0.05) is 36.6 Å². The first-order chi connectivity index (χ1) is 16.5. The van der Waals surface area contributed by atoms with Crippen LogP contribution in [0.25, 0.3) is 5.52 Å². The molecule has 174 valence electrons. The summed E-state index contributed by atoms with van der Waals surface area (Å²) in [5, 5.41) is 20.7. The molecule has 1 saturated heterocycles. The molecule has 1 atom stereocenters. The molecule has 2 amide bonds. The van der Waals surface area contributed by atoms with E-state index < -0.39 is 6.04 Å². The van der Waals surface area contributed by atoms with Crippen molar-refractivity contribution in [3.63, 3.8) is 0 Å². The number of H-pyrrole nitrogens is 1. The Balaban J connectivity index is 1.41. The molecule has 11 nitrogen and oxygen atoms in total. The third-order valence-corrected chi connectivity index (χ3v) is 5.85. The molecule has 1 fully saturated rings. The van der Waals surface area contributed by atoms with Gasteiger partial charge < -0.3 is 20.9 Å². The van der Waals surface area contributed by atoms with E-state index in [1.807, 2.05) is 23.2 Å². The molecule has 12 heteroatoms. The minimum atomic E-state index is -0.415. The van der Waals surface area contributed by atoms with E-state index in [2.05, 4.69) is 31.2 Å². The Morgan fingerprint density at radius 2 is 2.03 bits per heavy atom. The molecular formula is C22H22ClN9O2. The van der Waals surface area contributed by atoms with Gasteiger partial charge in [0.25, 0.3) is 5.91 Å². The van der Waals surface area contributed by atoms with Gasteiger partial charge in [-0.2, -0.15) is 10.1 Å². The lowest BCUT2D eigenvalue weighted by molar-refractivity contribution is -0.117. The standard InChI is InChI=1S/C22H22ClN9O2/c1-24-20(33)15-12-18(29-28-15)26-19-16-4-3-11-32(16)30-22(27-19)31-10-2-5-17(31)21(34)25-14-8-6-13(23)7-9-14/h3-4,6-9,11-12,17H,2,5,10H2,1H3,(H,24,33)(H,25,34)(H2,26,27,28,29,30)/t17-/m0/s1. The molecule has 0 unspecified atom stereocenters. The van der Waals surface area contributed by atoms with E-state index >= 15 is 0 Å². The van der Waals surface area contributed by atoms with Crippen LogP contribution in [0.4, 0.5) is 23.3 Å². The minimum Gasteiger partial charge on any atom is -0.354 e. The fraction of sp³-hybridized carbons (Fsp3) is 0.227. The molecule has 0 radical (unpaired) electrons. The number of hydrogen-bond donors (Lipinski definition) is 4. The highest BCUT2D eigenvalue weighted by atomic mass is 35.5. The number of amides is 2. The summed E-state index contributed by atoms with van der Waals surface area (Å²) < 4.78 is 1.70. The second-order valence-corrected chi connectivity index (χ2v) is 8.25. The smallest absolute Gasteiger partial charge is 0.269 e. The van der Waals surface area contributed by atoms with Crippen molar-refractivity contribution < 1.29 is 9.59 Å². The van der Waals surface area contributed by atoms with E-state index in [9.17, 15) is 9.59 Å². The van der Waals surface area contributed by atoms with Crippen LogP contribution in [0, 0.1) is 0 Å². The molecule has 34 heavy (non-hydrogen) atoms. The Morgan fingerprint density at radius 1 is 1.21 bits per heavy atom. The van der Waals surface area contributed by atoms with E-state index in [0.29, 0.717) is 47.0 Å². The summed E-state index contributed by atoms with van der Waals surface area (Å²) in [5.41, 5.74) is 1.73. The minimum absolute atomic E-state index is 0.131. The van der Waals surface area contributed by atoms with Crippen LogP contribution in [0.1, 0.15) is 23.3 Å². The Bertz CT molecular complexity index is 1350. The number of anilines is 4. The van der Waals surface area contributed by atoms with Gasteiger partial charge in [-0.05, 0) is 49.2 Å². The van der Waals surface area contributed by atoms with Gasteiger partial charge in [0.2, 0.25) is 11.9 Å². The van der Waals surface area contributed by atoms with E-state index in [4.69, 9.17) is 16.6 Å². The van der Waals surface area contributed by atoms with Crippen molar-refractivity contribution in [3.8, 4) is 0 Å². The molecule has 0 aliphatic carbocycles. The lowest BCUT2D eigenvalue weighted by atomic mass is 10.2. The Labute approximate surface area is 199 Å². The first-order valence-electron chi connectivity index (χ1n) is 10.7. The van der Waals surface area contributed by atoms with Gasteiger partial charge in [-0.1, -0.05) is 11.6 Å². The number of nitrogens with zero attached hydrogens (tertiary/aromatic N) is 5. The van der Waals surface area contributed by atoms with Crippen LogP contribution in [0.3, 0.4) is 0 Å². The fourth-order valence-electron chi connectivity index (χ4n) is 3.93. The zero-order chi connectivity index (χ0) is 23.7. The highest BCUT2D eigenvalue weighted by Crippen LogP contribution is 2.27. The van der Waals surface area contributed by atoms with Gasteiger partial charge in [-0.25, -0.2) is 4.52 Å². The number of hydrogen-bond acceptors (Lipinski definition) is 7. The monoisotopic (exact) mass is 479 g/mol. The molecule has 3 aromatic heterocycles. The maximum Gasteiger partial charge on any atom is 0.269 e. The number of rotatable bonds is 6. The Morgan fingerprint density at radius 3 is 2.82 bits per heavy atom. The average Bonchev–Trinajstić information content (AvgIpc) is 3.60. The predicted octanol–water partition coefficient (Wildman–Crippen LogP) is 2.82. The van der Waals surface area contributed by atoms with Gasteiger partial charge in [0.15, 0.2) is 11.6 Å². The quantitative estimate of drug-likeness (QED) is 0.334. The number of benzene rings is 1. The molecule has 4 N–H and O–H groups in total. The summed E-state index contributed by atoms with van der Waals surface area (Å²) in [4.78, 5) is 31.5. The zero-order valence-electron chi connectivity index (χ0n) is 18.2. The van der Waals surface area contributed by atoms with Crippen LogP contribution in [0.5, 0.6) is 0 Å². The SMILES string of the molecule is CNC(=O)c1cc(Nc2nc(N3CCC[C@H]3C(=O)Nc3ccc(Cl)cc3)nn3cccc23)n[nH]1. The van der Waals surface area contributed by atoms with Crippen molar-refractivity contribution in [1.29, 1.82) is 0 Å². The normalized spacial score (nSPS) is 15.5. The van der Waals surface area contributed by atoms with Crippen LogP contribution in [-0.4, -0.2) is 56.2 Å². The molecule has 0 spiro atoms. The molecule has 5 rings (SSSR count). The molecule has 0 saturated carbocycles. The number of nitrogens with one attached hydrogen (secondary N) is 4. The lowest BCUT2D eigenvalue weighted by Gasteiger charge is -2.24. The van der Waals surface area contributed by atoms with Gasteiger partial charge in [0.1, 0.15) is 17.3 Å². The summed E-state index contributed by atoms with van der Waals surface area (Å²) in [6.07, 6.45) is 3.33. The second kappa shape index (κ2) is 9.02. The van der Waals surface area contributed by atoms with Crippen LogP contribution >= 0.6 is 11.6 Å². The summed E-state index contributed by atoms with van der Waals surface area (Å²) in [5.74, 6) is 0.956. The van der Waals surface area contributed by atoms with Crippen molar-refractivity contribution in [2.75, 3.05) is 29.1 Å². The third-order valence-electron chi connectivity index (χ3n) is 5.60. The van der Waals surface area contributed by atoms with Crippen molar-refractivity contribution in [2.24, 2.45) is 0 Å². The predicted molar refractivity (Wildman–Crippen MR) is 129 cm³/mol. The van der Waals surface area contributed by atoms with Crippen LogP contribution < -0.4 is 20.9 Å². The molecule has 0 bridgehead atoms. The summed E-state index contributed by atoms with van der Waals surface area (Å²) in [6.45, 7) is 0.647. The van der Waals surface area contributed by atoms with Crippen LogP contribution in [0.2, 0.25) is 5.02 Å². The first kappa shape index (κ1) is 21.7. The molecule has 1 aromatic carbocycles. The van der Waals surface area contributed by atoms with Crippen LogP contribution in [0.15, 0.2) is 48.7 Å². The topological polar surface area (TPSA) is 132 Å². The van der Waals surface area contributed by atoms with Crippen molar-refractivity contribution in [1.82, 2.24) is 30.1 Å². The second-order valence-electron chi connectivity index (χ2n) is 7.82. The van der Waals surface area contributed by atoms with Crippen molar-refractivity contribution >= 4 is 52.2 Å². The highest BCUT2D eigenvalue weighted by Gasteiger charge is 2.33. The van der Waals surface area contributed by atoms with Gasteiger partial charge >= 0.3 is 0 Å². The largest absolute Gasteiger partial charge is 0.354 e. The summed E-state index contributed by atoms with van der Waals surface area (Å²) >= 11 is 5.94. The number of carbonyl (C=O) groups excluding carboxylic acids is 2. The Kier molecular flexibility index (Phi) is 5.76. The Hall–Kier alpha value is -4.12. The average molecular weight is 480 g/mol. The van der Waals surface area contributed by atoms with Crippen molar-refractivity contribution in [2.45, 2.75) is 18.9 Å². The molecule has 1 aliphatic rings. The first-order valence-corrected chi connectivity index (χ1v) is 11.1. The molecule has 4 aromatic rings. The summed E-state index contributed by atoms with van der Waals surface area (Å²) in [7, 11) is 1.55. The van der Waals surface area contributed by atoms with Gasteiger partial charge in [-0.3, -0.25) is 14.7 Å². The number of carbonyl (C=O) groups is 2. The maximum absolute atomic E-state index is 13.1. The van der Waals surface area contributed by atoms with Gasteiger partial charge in [0.05, 0.1) is 0 Å². The zero-order valence-corrected chi connectivity index (χ0v) is 19.0. The fourth-order valence-corrected chi connectivity index (χ4v) is 4.06. The van der Waals surface area contributed by atoms with E-state index in [1.165, 1.54) is 0 Å². The number of aromatic amines is 1. The van der Waals surface area contributed by atoms with E-state index in [0.717, 1.165) is 11.9 Å². The molecule has 1 aliphatic heterocycles. The molecule has 4 heterocycles. The van der Waals surface area contributed by atoms with Crippen molar-refractivity contribution in [3.05, 3.63) is 59.4 Å². The third kappa shape index (κ3) is 4.25. The van der Waals surface area contributed by atoms with E-state index in [-0.39, 0.29) is 11.8 Å². The van der Waals surface area contributed by atoms with Crippen LogP contribution in [-0.2, 0) is 4.79 Å². The maximum atomic E-state index is 13.1. The highest BCUT2D eigenvalue weighted by molar-refractivity contribution is 6.30. The van der Waals surface area contributed by atoms with Gasteiger partial charge in [-0.15, -0.1) is 5.10 Å². The van der Waals surface area contributed by atoms with E-state index in [1.54, 1.807) is 41.9 Å². The summed E-state index contributed by atoms with van der Waals surface area (Å²) in [6, 6.07) is 11.9. The number of halogens is 1. The molecular weight excluding hydrogens is 458 g/mol. The number of aromatic nitrogens is 5. The number of fused-ring (bicyclic) bond motifs is 1.